The molecule has 0 heterocycles. The van der Waals surface area contributed by atoms with Gasteiger partial charge in [0.15, 0.2) is 6.61 Å². The second-order valence-corrected chi connectivity index (χ2v) is 4.24. The summed E-state index contributed by atoms with van der Waals surface area (Å²) >= 11 is 0. The summed E-state index contributed by atoms with van der Waals surface area (Å²) in [7, 11) is 1.65. The third kappa shape index (κ3) is 3.52. The summed E-state index contributed by atoms with van der Waals surface area (Å²) < 4.78 is 10.1. The van der Waals surface area contributed by atoms with E-state index in [-0.39, 0.29) is 12.6 Å². The van der Waals surface area contributed by atoms with Crippen LogP contribution in [0.5, 0.6) is 5.75 Å². The molecule has 3 heteroatoms. The summed E-state index contributed by atoms with van der Waals surface area (Å²) in [5.41, 5.74) is 0.898. The molecule has 0 aliphatic rings. The molecule has 102 valence electrons. The van der Waals surface area contributed by atoms with Crippen LogP contribution in [0.2, 0.25) is 0 Å². The lowest BCUT2D eigenvalue weighted by Gasteiger charge is -2.02. The number of carbonyl (C=O) groups excluding carboxylic acids is 1. The molecular weight excluding hydrogens is 252 g/mol. The number of methoxy groups -OCH3 is 1. The highest BCUT2D eigenvalue weighted by atomic mass is 16.5. The topological polar surface area (TPSA) is 35.5 Å². The molecule has 0 saturated heterocycles. The molecule has 0 aromatic heterocycles. The fraction of sp³-hybridized carbons (Fsp3) is 0.235. The average molecular weight is 268 g/mol. The maximum absolute atomic E-state index is 11.0. The van der Waals surface area contributed by atoms with Crippen molar-refractivity contribution in [3.05, 3.63) is 42.0 Å². The zero-order chi connectivity index (χ0) is 14.4. The van der Waals surface area contributed by atoms with Crippen molar-refractivity contribution in [3.8, 4) is 17.6 Å². The van der Waals surface area contributed by atoms with Gasteiger partial charge >= 0.3 is 5.97 Å². The molecular formula is C17H16O3. The Morgan fingerprint density at radius 3 is 2.65 bits per heavy atom. The largest absolute Gasteiger partial charge is 0.497 e. The van der Waals surface area contributed by atoms with E-state index in [1.165, 1.54) is 0 Å². The first-order valence-electron chi connectivity index (χ1n) is 6.45. The van der Waals surface area contributed by atoms with Crippen LogP contribution in [0.3, 0.4) is 0 Å². The summed E-state index contributed by atoms with van der Waals surface area (Å²) in [6.07, 6.45) is 0.374. The van der Waals surface area contributed by atoms with E-state index in [0.29, 0.717) is 6.42 Å². The minimum absolute atomic E-state index is 0.132. The molecule has 0 aliphatic heterocycles. The molecule has 0 atom stereocenters. The number of rotatable bonds is 3. The summed E-state index contributed by atoms with van der Waals surface area (Å²) in [6, 6.07) is 11.8. The van der Waals surface area contributed by atoms with Crippen LogP contribution in [0.1, 0.15) is 18.9 Å². The number of benzene rings is 2. The van der Waals surface area contributed by atoms with Crippen LogP contribution in [0.25, 0.3) is 10.8 Å². The van der Waals surface area contributed by atoms with Crippen LogP contribution in [0.15, 0.2) is 36.4 Å². The standard InChI is InChI=1S/C17H16O3/c1-3-17(18)20-10-4-5-13-6-7-15-12-16(19-2)9-8-14(15)11-13/h6-9,11-12H,3,10H2,1-2H3. The van der Waals surface area contributed by atoms with Gasteiger partial charge in [-0.05, 0) is 35.0 Å². The Morgan fingerprint density at radius 1 is 1.15 bits per heavy atom. The van der Waals surface area contributed by atoms with Crippen molar-refractivity contribution in [1.29, 1.82) is 0 Å². The van der Waals surface area contributed by atoms with E-state index in [0.717, 1.165) is 22.1 Å². The van der Waals surface area contributed by atoms with Crippen LogP contribution in [-0.4, -0.2) is 19.7 Å². The summed E-state index contributed by atoms with van der Waals surface area (Å²) in [6.45, 7) is 1.89. The summed E-state index contributed by atoms with van der Waals surface area (Å²) in [4.78, 5) is 11.0. The maximum atomic E-state index is 11.0. The SMILES string of the molecule is CCC(=O)OCC#Cc1ccc2cc(OC)ccc2c1. The van der Waals surface area contributed by atoms with Crippen molar-refractivity contribution in [2.24, 2.45) is 0 Å². The lowest BCUT2D eigenvalue weighted by Crippen LogP contribution is -2.01. The van der Waals surface area contributed by atoms with Crippen molar-refractivity contribution >= 4 is 16.7 Å². The van der Waals surface area contributed by atoms with Crippen molar-refractivity contribution in [1.82, 2.24) is 0 Å². The quantitative estimate of drug-likeness (QED) is 0.633. The maximum Gasteiger partial charge on any atom is 0.306 e. The third-order valence-electron chi connectivity index (χ3n) is 2.87. The van der Waals surface area contributed by atoms with Gasteiger partial charge in [-0.1, -0.05) is 30.9 Å². The number of fused-ring (bicyclic) bond motifs is 1. The van der Waals surface area contributed by atoms with Crippen LogP contribution in [-0.2, 0) is 9.53 Å². The normalized spacial score (nSPS) is 9.70. The number of esters is 1. The van der Waals surface area contributed by atoms with Gasteiger partial charge in [0.05, 0.1) is 7.11 Å². The first-order chi connectivity index (χ1) is 9.72. The minimum atomic E-state index is -0.232. The highest BCUT2D eigenvalue weighted by Crippen LogP contribution is 2.21. The summed E-state index contributed by atoms with van der Waals surface area (Å²) in [5.74, 6) is 6.43. The highest BCUT2D eigenvalue weighted by molar-refractivity contribution is 5.85. The van der Waals surface area contributed by atoms with E-state index in [2.05, 4.69) is 11.8 Å². The minimum Gasteiger partial charge on any atom is -0.497 e. The second-order valence-electron chi connectivity index (χ2n) is 4.24. The molecule has 20 heavy (non-hydrogen) atoms. The molecule has 0 saturated carbocycles. The Kier molecular flexibility index (Phi) is 4.62. The zero-order valence-corrected chi connectivity index (χ0v) is 11.6. The Balaban J connectivity index is 2.12. The molecule has 3 nitrogen and oxygen atoms in total. The van der Waals surface area contributed by atoms with E-state index in [9.17, 15) is 4.79 Å². The van der Waals surface area contributed by atoms with E-state index in [1.54, 1.807) is 14.0 Å². The Morgan fingerprint density at radius 2 is 1.90 bits per heavy atom. The van der Waals surface area contributed by atoms with Crippen molar-refractivity contribution in [2.75, 3.05) is 13.7 Å². The van der Waals surface area contributed by atoms with Gasteiger partial charge in [0.25, 0.3) is 0 Å². The lowest BCUT2D eigenvalue weighted by molar-refractivity contribution is -0.141. The Bertz CT molecular complexity index is 677. The molecule has 0 aliphatic carbocycles. The molecule has 2 aromatic rings. The van der Waals surface area contributed by atoms with Crippen molar-refractivity contribution in [2.45, 2.75) is 13.3 Å². The second kappa shape index (κ2) is 6.63. The van der Waals surface area contributed by atoms with Gasteiger partial charge < -0.3 is 9.47 Å². The molecule has 2 rings (SSSR count). The van der Waals surface area contributed by atoms with Gasteiger partial charge in [-0.2, -0.15) is 0 Å². The fourth-order valence-electron chi connectivity index (χ4n) is 1.79. The monoisotopic (exact) mass is 268 g/mol. The van der Waals surface area contributed by atoms with Gasteiger partial charge in [-0.3, -0.25) is 4.79 Å². The van der Waals surface area contributed by atoms with Crippen LogP contribution in [0, 0.1) is 11.8 Å². The first kappa shape index (κ1) is 14.0. The van der Waals surface area contributed by atoms with E-state index in [4.69, 9.17) is 9.47 Å². The molecule has 0 N–H and O–H groups in total. The lowest BCUT2D eigenvalue weighted by atomic mass is 10.1. The molecule has 0 radical (unpaired) electrons. The van der Waals surface area contributed by atoms with Gasteiger partial charge in [-0.15, -0.1) is 0 Å². The van der Waals surface area contributed by atoms with Crippen molar-refractivity contribution in [3.63, 3.8) is 0 Å². The van der Waals surface area contributed by atoms with E-state index >= 15 is 0 Å². The van der Waals surface area contributed by atoms with Gasteiger partial charge in [0.2, 0.25) is 0 Å². The molecule has 0 unspecified atom stereocenters. The third-order valence-corrected chi connectivity index (χ3v) is 2.87. The molecule has 0 fully saturated rings. The molecule has 0 spiro atoms. The predicted octanol–water partition coefficient (Wildman–Crippen LogP) is 3.15. The van der Waals surface area contributed by atoms with Crippen LogP contribution < -0.4 is 4.74 Å². The van der Waals surface area contributed by atoms with Gasteiger partial charge in [0, 0.05) is 12.0 Å². The van der Waals surface area contributed by atoms with Crippen molar-refractivity contribution < 1.29 is 14.3 Å². The van der Waals surface area contributed by atoms with Crippen LogP contribution >= 0.6 is 0 Å². The fourth-order valence-corrected chi connectivity index (χ4v) is 1.79. The number of ether oxygens (including phenoxy) is 2. The number of carbonyl (C=O) groups is 1. The average Bonchev–Trinajstić information content (AvgIpc) is 2.50. The van der Waals surface area contributed by atoms with E-state index < -0.39 is 0 Å². The smallest absolute Gasteiger partial charge is 0.306 e. The number of hydrogen-bond donors (Lipinski definition) is 0. The Hall–Kier alpha value is -2.47. The summed E-state index contributed by atoms with van der Waals surface area (Å²) in [5, 5.41) is 2.20. The zero-order valence-electron chi connectivity index (χ0n) is 11.6. The molecule has 0 bridgehead atoms. The van der Waals surface area contributed by atoms with Gasteiger partial charge in [-0.25, -0.2) is 0 Å². The molecule has 2 aromatic carbocycles. The van der Waals surface area contributed by atoms with E-state index in [1.807, 2.05) is 36.4 Å². The highest BCUT2D eigenvalue weighted by Gasteiger charge is 1.97. The predicted molar refractivity (Wildman–Crippen MR) is 78.6 cm³/mol. The van der Waals surface area contributed by atoms with Crippen LogP contribution in [0.4, 0.5) is 0 Å². The first-order valence-corrected chi connectivity index (χ1v) is 6.45. The molecule has 0 amide bonds. The Labute approximate surface area is 118 Å². The number of hydrogen-bond acceptors (Lipinski definition) is 3. The van der Waals surface area contributed by atoms with Gasteiger partial charge in [0.1, 0.15) is 5.75 Å².